The van der Waals surface area contributed by atoms with E-state index in [1.165, 1.54) is 25.1 Å². The molecule has 0 aliphatic carbocycles. The SMILES string of the molecule is CN(C)C(=O)Nc1ccc(Cl)c(C(F)(F)F)c1. The largest absolute Gasteiger partial charge is 0.417 e. The molecule has 1 aromatic rings. The fourth-order valence-corrected chi connectivity index (χ4v) is 1.28. The van der Waals surface area contributed by atoms with E-state index >= 15 is 0 Å². The van der Waals surface area contributed by atoms with Crippen LogP contribution in [0.1, 0.15) is 5.56 Å². The van der Waals surface area contributed by atoms with Crippen molar-refractivity contribution < 1.29 is 18.0 Å². The van der Waals surface area contributed by atoms with Gasteiger partial charge >= 0.3 is 12.2 Å². The van der Waals surface area contributed by atoms with Crippen LogP contribution in [-0.2, 0) is 6.18 Å². The van der Waals surface area contributed by atoms with E-state index in [9.17, 15) is 18.0 Å². The molecule has 94 valence electrons. The van der Waals surface area contributed by atoms with E-state index in [-0.39, 0.29) is 5.69 Å². The zero-order chi connectivity index (χ0) is 13.2. The molecule has 0 spiro atoms. The molecule has 1 aromatic carbocycles. The zero-order valence-corrected chi connectivity index (χ0v) is 9.86. The minimum atomic E-state index is -4.55. The van der Waals surface area contributed by atoms with Crippen LogP contribution < -0.4 is 5.32 Å². The standard InChI is InChI=1S/C10H10ClF3N2O/c1-16(2)9(17)15-6-3-4-8(11)7(5-6)10(12,13)14/h3-5H,1-2H3,(H,15,17). The smallest absolute Gasteiger partial charge is 0.331 e. The average Bonchev–Trinajstić information content (AvgIpc) is 2.19. The lowest BCUT2D eigenvalue weighted by molar-refractivity contribution is -0.137. The van der Waals surface area contributed by atoms with Crippen LogP contribution >= 0.6 is 11.6 Å². The van der Waals surface area contributed by atoms with Crippen LogP contribution in [0.3, 0.4) is 0 Å². The number of rotatable bonds is 1. The lowest BCUT2D eigenvalue weighted by Crippen LogP contribution is -2.27. The van der Waals surface area contributed by atoms with E-state index in [0.717, 1.165) is 12.1 Å². The molecule has 0 heterocycles. The van der Waals surface area contributed by atoms with E-state index in [2.05, 4.69) is 5.32 Å². The predicted molar refractivity (Wildman–Crippen MR) is 59.2 cm³/mol. The van der Waals surface area contributed by atoms with Crippen molar-refractivity contribution in [3.8, 4) is 0 Å². The fraction of sp³-hybridized carbons (Fsp3) is 0.300. The molecule has 3 nitrogen and oxygen atoms in total. The second-order valence-electron chi connectivity index (χ2n) is 3.52. The van der Waals surface area contributed by atoms with Crippen molar-refractivity contribution in [2.45, 2.75) is 6.18 Å². The van der Waals surface area contributed by atoms with E-state index < -0.39 is 22.8 Å². The van der Waals surface area contributed by atoms with Crippen LogP contribution in [-0.4, -0.2) is 25.0 Å². The highest BCUT2D eigenvalue weighted by Crippen LogP contribution is 2.36. The van der Waals surface area contributed by atoms with Crippen molar-refractivity contribution in [3.05, 3.63) is 28.8 Å². The van der Waals surface area contributed by atoms with Gasteiger partial charge in [0.2, 0.25) is 0 Å². The first-order valence-corrected chi connectivity index (χ1v) is 4.94. The second-order valence-corrected chi connectivity index (χ2v) is 3.92. The van der Waals surface area contributed by atoms with Crippen molar-refractivity contribution in [2.75, 3.05) is 19.4 Å². The van der Waals surface area contributed by atoms with E-state index in [4.69, 9.17) is 11.6 Å². The molecule has 0 aromatic heterocycles. The molecular formula is C10H10ClF3N2O. The summed E-state index contributed by atoms with van der Waals surface area (Å²) in [6.07, 6.45) is -4.55. The Kier molecular flexibility index (Phi) is 3.87. The topological polar surface area (TPSA) is 32.3 Å². The lowest BCUT2D eigenvalue weighted by atomic mass is 10.2. The van der Waals surface area contributed by atoms with Gasteiger partial charge in [0.25, 0.3) is 0 Å². The van der Waals surface area contributed by atoms with Gasteiger partial charge in [-0.05, 0) is 18.2 Å². The van der Waals surface area contributed by atoms with Gasteiger partial charge in [0, 0.05) is 19.8 Å². The number of hydrogen-bond donors (Lipinski definition) is 1. The first-order valence-electron chi connectivity index (χ1n) is 4.57. The predicted octanol–water partition coefficient (Wildman–Crippen LogP) is 3.45. The molecule has 0 fully saturated rings. The maximum atomic E-state index is 12.5. The quantitative estimate of drug-likeness (QED) is 0.830. The number of carbonyl (C=O) groups excluding carboxylic acids is 1. The van der Waals surface area contributed by atoms with Crippen molar-refractivity contribution in [1.29, 1.82) is 0 Å². The highest BCUT2D eigenvalue weighted by atomic mass is 35.5. The Hall–Kier alpha value is -1.43. The molecule has 0 bridgehead atoms. The summed E-state index contributed by atoms with van der Waals surface area (Å²) < 4.78 is 37.6. The highest BCUT2D eigenvalue weighted by molar-refractivity contribution is 6.31. The van der Waals surface area contributed by atoms with Gasteiger partial charge in [-0.3, -0.25) is 0 Å². The Bertz CT molecular complexity index is 432. The van der Waals surface area contributed by atoms with Gasteiger partial charge in [-0.25, -0.2) is 4.79 Å². The van der Waals surface area contributed by atoms with Gasteiger partial charge in [0.05, 0.1) is 10.6 Å². The molecule has 0 atom stereocenters. The van der Waals surface area contributed by atoms with E-state index in [1.807, 2.05) is 0 Å². The molecule has 2 amide bonds. The first-order chi connectivity index (χ1) is 7.71. The molecule has 1 rings (SSSR count). The maximum Gasteiger partial charge on any atom is 0.417 e. The number of nitrogens with one attached hydrogen (secondary N) is 1. The second kappa shape index (κ2) is 4.83. The third kappa shape index (κ3) is 3.52. The summed E-state index contributed by atoms with van der Waals surface area (Å²) >= 11 is 5.44. The Morgan fingerprint density at radius 1 is 1.35 bits per heavy atom. The minimum absolute atomic E-state index is 0.0421. The maximum absolute atomic E-state index is 12.5. The molecule has 0 saturated heterocycles. The molecule has 17 heavy (non-hydrogen) atoms. The van der Waals surface area contributed by atoms with Gasteiger partial charge in [-0.2, -0.15) is 13.2 Å². The molecule has 0 saturated carbocycles. The Morgan fingerprint density at radius 3 is 2.41 bits per heavy atom. The lowest BCUT2D eigenvalue weighted by Gasteiger charge is -2.14. The summed E-state index contributed by atoms with van der Waals surface area (Å²) in [5, 5.41) is 1.91. The fourth-order valence-electron chi connectivity index (χ4n) is 1.06. The Morgan fingerprint density at radius 2 is 1.94 bits per heavy atom. The molecule has 0 aliphatic rings. The number of hydrogen-bond acceptors (Lipinski definition) is 1. The minimum Gasteiger partial charge on any atom is -0.331 e. The summed E-state index contributed by atoms with van der Waals surface area (Å²) in [5.41, 5.74) is -0.934. The summed E-state index contributed by atoms with van der Waals surface area (Å²) in [5.74, 6) is 0. The zero-order valence-electron chi connectivity index (χ0n) is 9.10. The Labute approximate surface area is 101 Å². The summed E-state index contributed by atoms with van der Waals surface area (Å²) in [6, 6.07) is 2.68. The Balaban J connectivity index is 3.01. The molecule has 0 unspecified atom stereocenters. The van der Waals surface area contributed by atoms with Crippen LogP contribution in [0, 0.1) is 0 Å². The van der Waals surface area contributed by atoms with Crippen LogP contribution in [0.25, 0.3) is 0 Å². The van der Waals surface area contributed by atoms with E-state index in [0.29, 0.717) is 0 Å². The van der Waals surface area contributed by atoms with Crippen LogP contribution in [0.4, 0.5) is 23.7 Å². The molecule has 0 radical (unpaired) electrons. The number of alkyl halides is 3. The number of nitrogens with zero attached hydrogens (tertiary/aromatic N) is 1. The summed E-state index contributed by atoms with van der Waals surface area (Å²) in [7, 11) is 2.96. The van der Waals surface area contributed by atoms with Gasteiger partial charge in [-0.15, -0.1) is 0 Å². The average molecular weight is 267 g/mol. The number of carbonyl (C=O) groups is 1. The van der Waals surface area contributed by atoms with Crippen molar-refractivity contribution in [1.82, 2.24) is 4.90 Å². The van der Waals surface area contributed by atoms with Gasteiger partial charge in [0.1, 0.15) is 0 Å². The summed E-state index contributed by atoms with van der Waals surface area (Å²) in [4.78, 5) is 12.5. The number of halogens is 4. The molecule has 0 aliphatic heterocycles. The normalized spacial score (nSPS) is 11.2. The van der Waals surface area contributed by atoms with Gasteiger partial charge in [0.15, 0.2) is 0 Å². The van der Waals surface area contributed by atoms with E-state index in [1.54, 1.807) is 0 Å². The highest BCUT2D eigenvalue weighted by Gasteiger charge is 2.33. The summed E-state index contributed by atoms with van der Waals surface area (Å²) in [6.45, 7) is 0. The molecular weight excluding hydrogens is 257 g/mol. The van der Waals surface area contributed by atoms with Crippen molar-refractivity contribution in [2.24, 2.45) is 0 Å². The molecule has 1 N–H and O–H groups in total. The van der Waals surface area contributed by atoms with Gasteiger partial charge in [-0.1, -0.05) is 11.6 Å². The number of urea groups is 1. The number of anilines is 1. The monoisotopic (exact) mass is 266 g/mol. The molecule has 7 heteroatoms. The first kappa shape index (κ1) is 13.6. The number of benzene rings is 1. The van der Waals surface area contributed by atoms with Gasteiger partial charge < -0.3 is 10.2 Å². The van der Waals surface area contributed by atoms with Crippen LogP contribution in [0.2, 0.25) is 5.02 Å². The van der Waals surface area contributed by atoms with Crippen molar-refractivity contribution >= 4 is 23.3 Å². The van der Waals surface area contributed by atoms with Crippen LogP contribution in [0.5, 0.6) is 0 Å². The van der Waals surface area contributed by atoms with Crippen molar-refractivity contribution in [3.63, 3.8) is 0 Å². The number of amides is 2. The third-order valence-electron chi connectivity index (χ3n) is 1.93. The third-order valence-corrected chi connectivity index (χ3v) is 2.26. The van der Waals surface area contributed by atoms with Crippen LogP contribution in [0.15, 0.2) is 18.2 Å².